The van der Waals surface area contributed by atoms with E-state index in [1.807, 2.05) is 0 Å². The Balaban J connectivity index is 3.40. The molecule has 0 aliphatic heterocycles. The van der Waals surface area contributed by atoms with Gasteiger partial charge in [0, 0.05) is 0 Å². The third-order valence-corrected chi connectivity index (χ3v) is 10.3. The van der Waals surface area contributed by atoms with Crippen LogP contribution in [0.4, 0.5) is 0 Å². The second kappa shape index (κ2) is 6.15. The van der Waals surface area contributed by atoms with Gasteiger partial charge in [0.2, 0.25) is 0 Å². The molecule has 1 fully saturated rings. The van der Waals surface area contributed by atoms with Crippen molar-refractivity contribution in [2.45, 2.75) is 70.0 Å². The fraction of sp³-hybridized carbons (Fsp3) is 1.00. The molecule has 1 aliphatic carbocycles. The Morgan fingerprint density at radius 3 is 1.75 bits per heavy atom. The molecule has 5 unspecified atom stereocenters. The van der Waals surface area contributed by atoms with Crippen LogP contribution in [0.3, 0.4) is 0 Å². The molecular weight excluding hydrogens is 325 g/mol. The van der Waals surface area contributed by atoms with Gasteiger partial charge in [0.05, 0.1) is 9.99 Å². The highest BCUT2D eigenvalue weighted by molar-refractivity contribution is 7.42. The van der Waals surface area contributed by atoms with Crippen molar-refractivity contribution in [3.63, 3.8) is 0 Å². The Hall–Kier alpha value is 1.44. The number of rotatable bonds is 2. The zero-order valence-electron chi connectivity index (χ0n) is 14.3. The van der Waals surface area contributed by atoms with E-state index in [1.54, 1.807) is 0 Å². The summed E-state index contributed by atoms with van der Waals surface area (Å²) >= 11 is 13.9. The van der Waals surface area contributed by atoms with Crippen LogP contribution in [0.1, 0.15) is 54.4 Å². The minimum Gasteiger partial charge on any atom is -0.121 e. The van der Waals surface area contributed by atoms with Crippen molar-refractivity contribution in [1.29, 1.82) is 0 Å². The molecule has 0 aromatic carbocycles. The highest BCUT2D eigenvalue weighted by Crippen LogP contribution is 2.67. The molecule has 0 radical (unpaired) electrons. The van der Waals surface area contributed by atoms with Crippen molar-refractivity contribution < 1.29 is 0 Å². The number of hydrogen-bond donors (Lipinski definition) is 0. The molecule has 0 amide bonds. The molecule has 0 aromatic heterocycles. The van der Waals surface area contributed by atoms with E-state index in [-0.39, 0.29) is 26.2 Å². The first-order chi connectivity index (χ1) is 8.84. The lowest BCUT2D eigenvalue weighted by atomic mass is 9.48. The maximum absolute atomic E-state index is 7.06. The third-order valence-electron chi connectivity index (χ3n) is 5.58. The molecule has 0 saturated heterocycles. The Morgan fingerprint density at radius 2 is 1.45 bits per heavy atom. The number of alkyl halides is 2. The highest BCUT2D eigenvalue weighted by Gasteiger charge is 2.60. The quantitative estimate of drug-likeness (QED) is 0.397. The fourth-order valence-corrected chi connectivity index (χ4v) is 7.76. The van der Waals surface area contributed by atoms with E-state index in [4.69, 9.17) is 23.2 Å². The molecule has 5 atom stereocenters. The zero-order valence-corrected chi connectivity index (χ0v) is 17.8. The minimum absolute atomic E-state index is 0.119. The van der Waals surface area contributed by atoms with Crippen LogP contribution in [0.15, 0.2) is 0 Å². The fourth-order valence-electron chi connectivity index (χ4n) is 4.15. The third kappa shape index (κ3) is 3.20. The van der Waals surface area contributed by atoms with Crippen molar-refractivity contribution >= 4 is 40.4 Å². The van der Waals surface area contributed by atoms with E-state index in [2.05, 4.69) is 54.9 Å². The lowest BCUT2D eigenvalue weighted by molar-refractivity contribution is -0.0635. The van der Waals surface area contributed by atoms with Gasteiger partial charge in [-0.05, 0) is 48.1 Å². The average Bonchev–Trinajstić information content (AvgIpc) is 2.29. The summed E-state index contributed by atoms with van der Waals surface area (Å²) < 4.78 is -0.228. The molecule has 0 N–H and O–H groups in total. The monoisotopic (exact) mass is 356 g/mol. The van der Waals surface area contributed by atoms with Gasteiger partial charge in [-0.15, -0.1) is 40.4 Å². The first-order valence-electron chi connectivity index (χ1n) is 7.54. The molecule has 4 heteroatoms. The van der Waals surface area contributed by atoms with Gasteiger partial charge >= 0.3 is 0 Å². The zero-order chi connectivity index (χ0) is 16.0. The second-order valence-corrected chi connectivity index (χ2v) is 12.5. The van der Waals surface area contributed by atoms with Gasteiger partial charge in [0.25, 0.3) is 0 Å². The molecule has 0 spiro atoms. The predicted molar refractivity (Wildman–Crippen MR) is 101 cm³/mol. The van der Waals surface area contributed by atoms with Gasteiger partial charge in [0.1, 0.15) is 0 Å². The van der Waals surface area contributed by atoms with E-state index >= 15 is 0 Å². The molecule has 20 heavy (non-hydrogen) atoms. The van der Waals surface area contributed by atoms with Gasteiger partial charge in [0.15, 0.2) is 0 Å². The van der Waals surface area contributed by atoms with Crippen molar-refractivity contribution in [3.05, 3.63) is 0 Å². The van der Waals surface area contributed by atoms with Gasteiger partial charge in [-0.2, -0.15) is 0 Å². The SMILES string of the molecule is CPC1CC(C(C)(C)C)(C(C)(C)C)CC(Cl)(PC)C1Cl. The topological polar surface area (TPSA) is 0 Å². The Morgan fingerprint density at radius 1 is 1.00 bits per heavy atom. The summed E-state index contributed by atoms with van der Waals surface area (Å²) in [6, 6.07) is 0. The van der Waals surface area contributed by atoms with Crippen LogP contribution < -0.4 is 0 Å². The summed E-state index contributed by atoms with van der Waals surface area (Å²) in [5.41, 5.74) is 1.26. The van der Waals surface area contributed by atoms with Crippen molar-refractivity contribution in [2.24, 2.45) is 16.2 Å². The molecule has 0 aromatic rings. The summed E-state index contributed by atoms with van der Waals surface area (Å²) in [7, 11) is 1.56. The van der Waals surface area contributed by atoms with Crippen molar-refractivity contribution in [3.8, 4) is 0 Å². The molecule has 0 nitrogen and oxygen atoms in total. The van der Waals surface area contributed by atoms with Crippen molar-refractivity contribution in [1.82, 2.24) is 0 Å². The Labute approximate surface area is 140 Å². The van der Waals surface area contributed by atoms with Crippen LogP contribution in [0, 0.1) is 16.2 Å². The molecule has 1 rings (SSSR count). The van der Waals surface area contributed by atoms with E-state index in [9.17, 15) is 0 Å². The first-order valence-corrected chi connectivity index (χ1v) is 11.4. The molecule has 120 valence electrons. The Kier molecular flexibility index (Phi) is 5.99. The van der Waals surface area contributed by atoms with E-state index in [0.717, 1.165) is 15.0 Å². The summed E-state index contributed by atoms with van der Waals surface area (Å²) in [6.07, 6.45) is 2.25. The predicted octanol–water partition coefficient (Wildman–Crippen LogP) is 6.39. The largest absolute Gasteiger partial charge is 0.121 e. The summed E-state index contributed by atoms with van der Waals surface area (Å²) in [4.78, 5) is 0. The standard InChI is InChI=1S/C16H32Cl2P2/c1-13(2,3)15(14(4,5)6)9-11(19-7)12(17)16(18,10-15)20-8/h11-12,19-20H,9-10H2,1-8H3. The van der Waals surface area contributed by atoms with Gasteiger partial charge in [-0.3, -0.25) is 0 Å². The highest BCUT2D eigenvalue weighted by atomic mass is 35.5. The van der Waals surface area contributed by atoms with Crippen molar-refractivity contribution in [2.75, 3.05) is 13.3 Å². The average molecular weight is 357 g/mol. The molecular formula is C16H32Cl2P2. The molecule has 1 aliphatic rings. The number of hydrogen-bond acceptors (Lipinski definition) is 0. The van der Waals surface area contributed by atoms with E-state index in [1.165, 1.54) is 6.42 Å². The van der Waals surface area contributed by atoms with Gasteiger partial charge in [-0.25, -0.2) is 0 Å². The van der Waals surface area contributed by atoms with Crippen LogP contribution in [0.2, 0.25) is 0 Å². The van der Waals surface area contributed by atoms with Crippen LogP contribution in [0.5, 0.6) is 0 Å². The van der Waals surface area contributed by atoms with E-state index < -0.39 is 0 Å². The lowest BCUT2D eigenvalue weighted by Gasteiger charge is -2.62. The lowest BCUT2D eigenvalue weighted by Crippen LogP contribution is -2.58. The van der Waals surface area contributed by atoms with Crippen LogP contribution >= 0.6 is 40.4 Å². The van der Waals surface area contributed by atoms with E-state index in [0.29, 0.717) is 14.2 Å². The van der Waals surface area contributed by atoms with Crippen LogP contribution in [-0.2, 0) is 0 Å². The molecule has 1 saturated carbocycles. The van der Waals surface area contributed by atoms with Gasteiger partial charge < -0.3 is 0 Å². The normalized spacial score (nSPS) is 36.3. The summed E-state index contributed by atoms with van der Waals surface area (Å²) in [5.74, 6) is 0. The smallest absolute Gasteiger partial charge is 0.0783 e. The maximum Gasteiger partial charge on any atom is 0.0783 e. The maximum atomic E-state index is 7.06. The number of halogens is 2. The first kappa shape index (κ1) is 19.5. The van der Waals surface area contributed by atoms with Gasteiger partial charge in [-0.1, -0.05) is 41.5 Å². The second-order valence-electron chi connectivity index (χ2n) is 8.37. The Bertz CT molecular complexity index is 329. The van der Waals surface area contributed by atoms with Crippen LogP contribution in [-0.4, -0.2) is 29.0 Å². The molecule has 0 bridgehead atoms. The summed E-state index contributed by atoms with van der Waals surface area (Å²) in [5, 5.41) is 0.119. The minimum atomic E-state index is -0.228. The molecule has 0 heterocycles. The summed E-state index contributed by atoms with van der Waals surface area (Å²) in [6.45, 7) is 18.8. The van der Waals surface area contributed by atoms with Crippen LogP contribution in [0.25, 0.3) is 0 Å².